The van der Waals surface area contributed by atoms with Gasteiger partial charge in [0.1, 0.15) is 16.9 Å². The van der Waals surface area contributed by atoms with Gasteiger partial charge in [0.05, 0.1) is 19.9 Å². The van der Waals surface area contributed by atoms with E-state index in [9.17, 15) is 4.79 Å². The molecule has 0 atom stereocenters. The van der Waals surface area contributed by atoms with E-state index in [0.717, 1.165) is 53.4 Å². The third-order valence-corrected chi connectivity index (χ3v) is 4.76. The third kappa shape index (κ3) is 4.72. The van der Waals surface area contributed by atoms with Crippen molar-refractivity contribution < 1.29 is 18.7 Å². The van der Waals surface area contributed by atoms with E-state index in [1.54, 1.807) is 7.11 Å². The first-order chi connectivity index (χ1) is 13.6. The van der Waals surface area contributed by atoms with Crippen LogP contribution in [0.5, 0.6) is 5.75 Å². The number of carbonyl (C=O) groups is 1. The molecule has 0 radical (unpaired) electrons. The molecule has 3 aromatic rings. The fraction of sp³-hybridized carbons (Fsp3) is 0.333. The Morgan fingerprint density at radius 3 is 2.68 bits per heavy atom. The van der Waals surface area contributed by atoms with E-state index in [-0.39, 0.29) is 5.97 Å². The number of carbonyl (C=O) groups excluding carboxylic acids is 1. The van der Waals surface area contributed by atoms with Crippen molar-refractivity contribution in [2.24, 2.45) is 0 Å². The normalized spacial score (nSPS) is 10.8. The number of esters is 1. The second-order valence-electron chi connectivity index (χ2n) is 6.41. The van der Waals surface area contributed by atoms with Crippen LogP contribution in [0.4, 0.5) is 5.69 Å². The van der Waals surface area contributed by atoms with E-state index in [1.807, 2.05) is 36.4 Å². The second-order valence-corrected chi connectivity index (χ2v) is 6.82. The van der Waals surface area contributed by atoms with Crippen LogP contribution in [0.25, 0.3) is 21.9 Å². The molecule has 2 N–H and O–H groups in total. The molecule has 3 rings (SSSR count). The highest BCUT2D eigenvalue weighted by atomic mass is 32.1. The van der Waals surface area contributed by atoms with Gasteiger partial charge in [0.15, 0.2) is 5.11 Å². The van der Waals surface area contributed by atoms with Crippen molar-refractivity contribution in [3.8, 4) is 5.75 Å². The van der Waals surface area contributed by atoms with Gasteiger partial charge in [0, 0.05) is 29.8 Å². The van der Waals surface area contributed by atoms with Crippen LogP contribution in [0.2, 0.25) is 0 Å². The number of ether oxygens (including phenoxy) is 2. The van der Waals surface area contributed by atoms with Crippen molar-refractivity contribution in [1.82, 2.24) is 5.32 Å². The van der Waals surface area contributed by atoms with Gasteiger partial charge in [0.2, 0.25) is 0 Å². The lowest BCUT2D eigenvalue weighted by Gasteiger charge is -2.13. The molecule has 28 heavy (non-hydrogen) atoms. The number of anilines is 1. The van der Waals surface area contributed by atoms with Gasteiger partial charge in [-0.15, -0.1) is 0 Å². The summed E-state index contributed by atoms with van der Waals surface area (Å²) in [5.74, 6) is 0.527. The minimum absolute atomic E-state index is 0.168. The highest BCUT2D eigenvalue weighted by Crippen LogP contribution is 2.36. The Hall–Kier alpha value is -2.80. The summed E-state index contributed by atoms with van der Waals surface area (Å²) >= 11 is 5.39. The lowest BCUT2D eigenvalue weighted by atomic mass is 10.1. The molecule has 1 aromatic heterocycles. The van der Waals surface area contributed by atoms with Gasteiger partial charge in [0.25, 0.3) is 0 Å². The predicted molar refractivity (Wildman–Crippen MR) is 115 cm³/mol. The Morgan fingerprint density at radius 1 is 1.07 bits per heavy atom. The standard InChI is InChI=1S/C21H24N2O4S/c1-25-19-12-15-14-8-5-6-9-17(14)27-18(15)13-16(19)23-21(28)22-11-7-3-4-10-20(24)26-2/h5-6,8-9,12-13H,3-4,7,10-11H2,1-2H3,(H2,22,23,28). The van der Waals surface area contributed by atoms with E-state index < -0.39 is 0 Å². The van der Waals surface area contributed by atoms with Gasteiger partial charge in [-0.3, -0.25) is 4.79 Å². The van der Waals surface area contributed by atoms with Crippen LogP contribution in [-0.4, -0.2) is 31.8 Å². The van der Waals surface area contributed by atoms with E-state index in [4.69, 9.17) is 21.4 Å². The zero-order valence-electron chi connectivity index (χ0n) is 16.0. The van der Waals surface area contributed by atoms with Gasteiger partial charge in [-0.1, -0.05) is 24.6 Å². The first kappa shape index (κ1) is 19.9. The predicted octanol–water partition coefficient (Wildman–Crippen LogP) is 4.61. The average molecular weight is 401 g/mol. The Bertz CT molecular complexity index is 983. The molecule has 0 saturated carbocycles. The van der Waals surface area contributed by atoms with E-state index in [2.05, 4.69) is 15.4 Å². The molecule has 6 nitrogen and oxygen atoms in total. The lowest BCUT2D eigenvalue weighted by molar-refractivity contribution is -0.140. The minimum atomic E-state index is -0.168. The molecule has 0 aliphatic rings. The molecule has 148 valence electrons. The smallest absolute Gasteiger partial charge is 0.305 e. The van der Waals surface area contributed by atoms with Crippen molar-refractivity contribution in [1.29, 1.82) is 0 Å². The monoisotopic (exact) mass is 400 g/mol. The first-order valence-corrected chi connectivity index (χ1v) is 9.64. The van der Waals surface area contributed by atoms with Crippen LogP contribution in [0.1, 0.15) is 25.7 Å². The molecule has 0 aliphatic carbocycles. The molecule has 1 heterocycles. The maximum absolute atomic E-state index is 11.1. The van der Waals surface area contributed by atoms with Crippen molar-refractivity contribution in [2.45, 2.75) is 25.7 Å². The summed E-state index contributed by atoms with van der Waals surface area (Å²) in [6.07, 6.45) is 3.11. The topological polar surface area (TPSA) is 72.7 Å². The Balaban J connectivity index is 1.59. The average Bonchev–Trinajstić information content (AvgIpc) is 3.07. The number of furan rings is 1. The highest BCUT2D eigenvalue weighted by Gasteiger charge is 2.13. The molecule has 2 aromatic carbocycles. The SMILES string of the molecule is COC(=O)CCCCCNC(=S)Nc1cc2oc3ccccc3c2cc1OC. The van der Waals surface area contributed by atoms with Gasteiger partial charge < -0.3 is 24.5 Å². The highest BCUT2D eigenvalue weighted by molar-refractivity contribution is 7.80. The number of benzene rings is 2. The number of unbranched alkanes of at least 4 members (excludes halogenated alkanes) is 2. The summed E-state index contributed by atoms with van der Waals surface area (Å²) in [6.45, 7) is 0.724. The summed E-state index contributed by atoms with van der Waals surface area (Å²) in [4.78, 5) is 11.1. The summed E-state index contributed by atoms with van der Waals surface area (Å²) in [5, 5.41) is 8.92. The number of fused-ring (bicyclic) bond motifs is 3. The van der Waals surface area contributed by atoms with Crippen LogP contribution in [0, 0.1) is 0 Å². The number of nitrogens with one attached hydrogen (secondary N) is 2. The molecule has 0 spiro atoms. The molecule has 0 bridgehead atoms. The molecule has 0 aliphatic heterocycles. The van der Waals surface area contributed by atoms with E-state index in [1.165, 1.54) is 7.11 Å². The third-order valence-electron chi connectivity index (χ3n) is 4.52. The summed E-state index contributed by atoms with van der Waals surface area (Å²) in [6, 6.07) is 11.8. The Morgan fingerprint density at radius 2 is 1.89 bits per heavy atom. The van der Waals surface area contributed by atoms with Gasteiger partial charge >= 0.3 is 5.97 Å². The van der Waals surface area contributed by atoms with Gasteiger partial charge in [-0.05, 0) is 37.2 Å². The summed E-state index contributed by atoms with van der Waals surface area (Å²) in [5.41, 5.74) is 2.36. The summed E-state index contributed by atoms with van der Waals surface area (Å²) < 4.78 is 16.1. The Kier molecular flexibility index (Phi) is 6.71. The maximum atomic E-state index is 11.1. The van der Waals surface area contributed by atoms with E-state index >= 15 is 0 Å². The van der Waals surface area contributed by atoms with Crippen LogP contribution in [0.3, 0.4) is 0 Å². The van der Waals surface area contributed by atoms with Gasteiger partial charge in [-0.2, -0.15) is 0 Å². The number of hydrogen-bond donors (Lipinski definition) is 2. The molecule has 0 amide bonds. The van der Waals surface area contributed by atoms with Gasteiger partial charge in [-0.25, -0.2) is 0 Å². The van der Waals surface area contributed by atoms with Crippen LogP contribution < -0.4 is 15.4 Å². The van der Waals surface area contributed by atoms with Crippen LogP contribution in [0.15, 0.2) is 40.8 Å². The van der Waals surface area contributed by atoms with Crippen molar-refractivity contribution in [3.05, 3.63) is 36.4 Å². The fourth-order valence-electron chi connectivity index (χ4n) is 3.06. The van der Waals surface area contributed by atoms with Crippen LogP contribution in [-0.2, 0) is 9.53 Å². The molecule has 0 unspecified atom stereocenters. The number of rotatable bonds is 8. The Labute approximate surface area is 169 Å². The minimum Gasteiger partial charge on any atom is -0.495 e. The van der Waals surface area contributed by atoms with Crippen molar-refractivity contribution >= 4 is 50.9 Å². The van der Waals surface area contributed by atoms with Crippen LogP contribution >= 0.6 is 12.2 Å². The zero-order valence-corrected chi connectivity index (χ0v) is 16.9. The molecule has 7 heteroatoms. The molecular weight excluding hydrogens is 376 g/mol. The second kappa shape index (κ2) is 9.41. The number of thiocarbonyl (C=S) groups is 1. The van der Waals surface area contributed by atoms with Crippen molar-refractivity contribution in [3.63, 3.8) is 0 Å². The molecular formula is C21H24N2O4S. The van der Waals surface area contributed by atoms with Crippen molar-refractivity contribution in [2.75, 3.05) is 26.1 Å². The number of methoxy groups -OCH3 is 2. The quantitative estimate of drug-likeness (QED) is 0.325. The summed E-state index contributed by atoms with van der Waals surface area (Å²) in [7, 11) is 3.04. The molecule has 0 saturated heterocycles. The molecule has 0 fully saturated rings. The zero-order chi connectivity index (χ0) is 19.9. The number of hydrogen-bond acceptors (Lipinski definition) is 5. The first-order valence-electron chi connectivity index (χ1n) is 9.23. The lowest BCUT2D eigenvalue weighted by Crippen LogP contribution is -2.29. The van der Waals surface area contributed by atoms with E-state index in [0.29, 0.717) is 17.3 Å². The number of para-hydroxylation sites is 1. The largest absolute Gasteiger partial charge is 0.495 e. The fourth-order valence-corrected chi connectivity index (χ4v) is 3.27. The maximum Gasteiger partial charge on any atom is 0.305 e.